The summed E-state index contributed by atoms with van der Waals surface area (Å²) in [5, 5.41) is 5.84. The maximum atomic E-state index is 11.4. The Morgan fingerprint density at radius 2 is 1.71 bits per heavy atom. The summed E-state index contributed by atoms with van der Waals surface area (Å²) < 4.78 is 28.6. The molecule has 0 aliphatic rings. The fourth-order valence-electron chi connectivity index (χ4n) is 2.14. The molecule has 1 rings (SSSR count). The van der Waals surface area contributed by atoms with Crippen molar-refractivity contribution in [3.63, 3.8) is 0 Å². The van der Waals surface area contributed by atoms with E-state index in [0.29, 0.717) is 11.6 Å². The summed E-state index contributed by atoms with van der Waals surface area (Å²) in [7, 11) is -3.54. The lowest BCUT2D eigenvalue weighted by molar-refractivity contribution is 0.162. The van der Waals surface area contributed by atoms with Gasteiger partial charge in [-0.1, -0.05) is 32.4 Å². The van der Waals surface area contributed by atoms with Gasteiger partial charge in [-0.25, -0.2) is 13.6 Å². The van der Waals surface area contributed by atoms with Gasteiger partial charge in [-0.05, 0) is 42.5 Å². The first kappa shape index (κ1) is 18.3. The second-order valence-corrected chi connectivity index (χ2v) is 8.67. The Morgan fingerprint density at radius 3 is 2.10 bits per heavy atom. The Balaban J connectivity index is 2.93. The van der Waals surface area contributed by atoms with Gasteiger partial charge in [0.1, 0.15) is 5.75 Å². The minimum absolute atomic E-state index is 0.0951. The zero-order valence-corrected chi connectivity index (χ0v) is 14.8. The lowest BCUT2D eigenvalue weighted by Gasteiger charge is -2.30. The number of hydrogen-bond donors (Lipinski definition) is 1. The van der Waals surface area contributed by atoms with Crippen molar-refractivity contribution in [2.75, 3.05) is 12.4 Å². The van der Waals surface area contributed by atoms with Crippen LogP contribution in [0.2, 0.25) is 5.02 Å². The highest BCUT2D eigenvalue weighted by atomic mass is 35.5. The Bertz CT molecular complexity index is 583. The Kier molecular flexibility index (Phi) is 5.69. The molecule has 4 nitrogen and oxygen atoms in total. The molecule has 0 saturated carbocycles. The zero-order chi connectivity index (χ0) is 16.4. The van der Waals surface area contributed by atoms with Crippen LogP contribution in [0, 0.1) is 25.2 Å². The van der Waals surface area contributed by atoms with Gasteiger partial charge in [0.05, 0.1) is 12.4 Å². The Hall–Kier alpha value is -0.780. The number of sulfonamides is 1. The van der Waals surface area contributed by atoms with Gasteiger partial charge in [-0.2, -0.15) is 0 Å². The predicted octanol–water partition coefficient (Wildman–Crippen LogP) is 3.29. The number of primary sulfonamides is 1. The summed E-state index contributed by atoms with van der Waals surface area (Å²) in [6.07, 6.45) is 0. The number of nitrogens with two attached hydrogens (primary N) is 1. The molecule has 0 aliphatic carbocycles. The van der Waals surface area contributed by atoms with E-state index in [0.717, 1.165) is 16.9 Å². The molecular weight excluding hydrogens is 310 g/mol. The first-order valence-electron chi connectivity index (χ1n) is 6.80. The van der Waals surface area contributed by atoms with Crippen LogP contribution in [0.1, 0.15) is 31.9 Å². The highest BCUT2D eigenvalue weighted by Crippen LogP contribution is 2.31. The molecule has 21 heavy (non-hydrogen) atoms. The topological polar surface area (TPSA) is 69.4 Å². The van der Waals surface area contributed by atoms with Crippen molar-refractivity contribution in [2.24, 2.45) is 16.5 Å². The van der Waals surface area contributed by atoms with Crippen molar-refractivity contribution in [1.82, 2.24) is 0 Å². The lowest BCUT2D eigenvalue weighted by atomic mass is 9.82. The fraction of sp³-hybridized carbons (Fsp3) is 0.600. The number of rotatable bonds is 5. The van der Waals surface area contributed by atoms with Crippen LogP contribution in [0.4, 0.5) is 0 Å². The van der Waals surface area contributed by atoms with Crippen LogP contribution >= 0.6 is 11.6 Å². The van der Waals surface area contributed by atoms with E-state index >= 15 is 0 Å². The van der Waals surface area contributed by atoms with Crippen molar-refractivity contribution >= 4 is 21.6 Å². The summed E-state index contributed by atoms with van der Waals surface area (Å²) in [5.41, 5.74) is 1.65. The monoisotopic (exact) mass is 333 g/mol. The van der Waals surface area contributed by atoms with Crippen LogP contribution in [-0.4, -0.2) is 20.8 Å². The molecule has 1 atom stereocenters. The fourth-order valence-corrected chi connectivity index (χ4v) is 3.62. The number of halogens is 1. The zero-order valence-electron chi connectivity index (χ0n) is 13.2. The van der Waals surface area contributed by atoms with E-state index < -0.39 is 10.0 Å². The summed E-state index contributed by atoms with van der Waals surface area (Å²) >= 11 is 5.99. The van der Waals surface area contributed by atoms with Crippen molar-refractivity contribution < 1.29 is 13.2 Å². The van der Waals surface area contributed by atoms with E-state index in [1.54, 1.807) is 0 Å². The number of benzene rings is 1. The number of ether oxygens (including phenoxy) is 1. The van der Waals surface area contributed by atoms with Crippen LogP contribution in [0.25, 0.3) is 0 Å². The third kappa shape index (κ3) is 5.85. The average Bonchev–Trinajstić information content (AvgIpc) is 2.22. The third-order valence-electron chi connectivity index (χ3n) is 3.51. The second-order valence-electron chi connectivity index (χ2n) is 6.57. The van der Waals surface area contributed by atoms with E-state index in [4.69, 9.17) is 21.5 Å². The van der Waals surface area contributed by atoms with Gasteiger partial charge in [-0.15, -0.1) is 0 Å². The van der Waals surface area contributed by atoms with Gasteiger partial charge in [0.2, 0.25) is 10.0 Å². The molecule has 0 bridgehead atoms. The van der Waals surface area contributed by atoms with Gasteiger partial charge in [0.25, 0.3) is 0 Å². The summed E-state index contributed by atoms with van der Waals surface area (Å²) in [6, 6.07) is 3.66. The molecular formula is C15H24ClNO3S. The molecule has 6 heteroatoms. The molecule has 0 amide bonds. The standard InChI is InChI=1S/C15H24ClNO3S/c1-10-6-13(16)7-11(2)14(10)20-8-12(15(3,4)5)9-21(17,18)19/h6-7,12H,8-9H2,1-5H3,(H2,17,18,19). The highest BCUT2D eigenvalue weighted by Gasteiger charge is 2.29. The first-order valence-corrected chi connectivity index (χ1v) is 8.89. The molecule has 120 valence electrons. The molecule has 1 aromatic carbocycles. The first-order chi connectivity index (χ1) is 9.40. The molecule has 0 radical (unpaired) electrons. The van der Waals surface area contributed by atoms with E-state index in [-0.39, 0.29) is 17.1 Å². The second kappa shape index (κ2) is 6.55. The molecule has 0 aromatic heterocycles. The maximum Gasteiger partial charge on any atom is 0.209 e. The van der Waals surface area contributed by atoms with Crippen LogP contribution in [0.3, 0.4) is 0 Å². The van der Waals surface area contributed by atoms with E-state index in [1.807, 2.05) is 46.8 Å². The van der Waals surface area contributed by atoms with Crippen LogP contribution in [0.5, 0.6) is 5.75 Å². The predicted molar refractivity (Wildman–Crippen MR) is 87.3 cm³/mol. The van der Waals surface area contributed by atoms with Gasteiger partial charge < -0.3 is 4.74 Å². The molecule has 0 saturated heterocycles. The molecule has 0 spiro atoms. The molecule has 1 unspecified atom stereocenters. The SMILES string of the molecule is Cc1cc(Cl)cc(C)c1OCC(CS(N)(=O)=O)C(C)(C)C. The number of aryl methyl sites for hydroxylation is 2. The quantitative estimate of drug-likeness (QED) is 0.898. The minimum atomic E-state index is -3.54. The highest BCUT2D eigenvalue weighted by molar-refractivity contribution is 7.89. The summed E-state index contributed by atoms with van der Waals surface area (Å²) in [4.78, 5) is 0. The van der Waals surface area contributed by atoms with E-state index in [2.05, 4.69) is 0 Å². The van der Waals surface area contributed by atoms with Crippen LogP contribution in [0.15, 0.2) is 12.1 Å². The smallest absolute Gasteiger partial charge is 0.209 e. The molecule has 0 fully saturated rings. The van der Waals surface area contributed by atoms with E-state index in [1.165, 1.54) is 0 Å². The van der Waals surface area contributed by atoms with Gasteiger partial charge >= 0.3 is 0 Å². The summed E-state index contributed by atoms with van der Waals surface area (Å²) in [5.74, 6) is 0.465. The molecule has 1 aromatic rings. The minimum Gasteiger partial charge on any atom is -0.493 e. The van der Waals surface area contributed by atoms with Gasteiger partial charge in [0.15, 0.2) is 0 Å². The van der Waals surface area contributed by atoms with Gasteiger partial charge in [-0.3, -0.25) is 0 Å². The number of hydrogen-bond acceptors (Lipinski definition) is 3. The van der Waals surface area contributed by atoms with Crippen molar-refractivity contribution in [1.29, 1.82) is 0 Å². The maximum absolute atomic E-state index is 11.4. The molecule has 0 heterocycles. The Labute approximate surface area is 132 Å². The largest absolute Gasteiger partial charge is 0.493 e. The third-order valence-corrected chi connectivity index (χ3v) is 4.60. The van der Waals surface area contributed by atoms with Gasteiger partial charge in [0, 0.05) is 10.9 Å². The van der Waals surface area contributed by atoms with Crippen LogP contribution < -0.4 is 9.88 Å². The molecule has 0 aliphatic heterocycles. The van der Waals surface area contributed by atoms with Crippen molar-refractivity contribution in [3.05, 3.63) is 28.3 Å². The Morgan fingerprint density at radius 1 is 1.24 bits per heavy atom. The van der Waals surface area contributed by atoms with Crippen molar-refractivity contribution in [2.45, 2.75) is 34.6 Å². The normalized spacial score (nSPS) is 14.0. The van der Waals surface area contributed by atoms with Crippen LogP contribution in [-0.2, 0) is 10.0 Å². The average molecular weight is 334 g/mol. The molecule has 2 N–H and O–H groups in total. The summed E-state index contributed by atoms with van der Waals surface area (Å²) in [6.45, 7) is 10.1. The van der Waals surface area contributed by atoms with E-state index in [9.17, 15) is 8.42 Å². The van der Waals surface area contributed by atoms with Crippen molar-refractivity contribution in [3.8, 4) is 5.75 Å². The lowest BCUT2D eigenvalue weighted by Crippen LogP contribution is -2.35.